The molecule has 6 nitrogen and oxygen atoms in total. The van der Waals surface area contributed by atoms with Crippen molar-refractivity contribution in [3.05, 3.63) is 81.8 Å². The molecule has 0 spiro atoms. The summed E-state index contributed by atoms with van der Waals surface area (Å²) >= 11 is 1.57. The van der Waals surface area contributed by atoms with E-state index >= 15 is 0 Å². The summed E-state index contributed by atoms with van der Waals surface area (Å²) in [5, 5.41) is 1.97. The molecule has 1 aliphatic rings. The molecular formula is C26H27FN2O4S. The first-order chi connectivity index (χ1) is 16.4. The number of ether oxygens (including phenoxy) is 2. The highest BCUT2D eigenvalue weighted by Crippen LogP contribution is 2.33. The fourth-order valence-electron chi connectivity index (χ4n) is 3.81. The summed E-state index contributed by atoms with van der Waals surface area (Å²) < 4.78 is 24.6. The topological polar surface area (TPSA) is 59.1 Å². The van der Waals surface area contributed by atoms with Gasteiger partial charge in [0.05, 0.1) is 6.54 Å². The third-order valence-corrected chi connectivity index (χ3v) is 6.22. The van der Waals surface area contributed by atoms with Crippen LogP contribution in [0.4, 0.5) is 4.39 Å². The summed E-state index contributed by atoms with van der Waals surface area (Å²) in [5.74, 6) is 0.457. The van der Waals surface area contributed by atoms with Crippen molar-refractivity contribution in [3.63, 3.8) is 0 Å². The lowest BCUT2D eigenvalue weighted by atomic mass is 10.1. The third-order valence-electron chi connectivity index (χ3n) is 5.36. The van der Waals surface area contributed by atoms with Gasteiger partial charge in [-0.05, 0) is 53.3 Å². The molecule has 0 saturated carbocycles. The van der Waals surface area contributed by atoms with Crippen LogP contribution < -0.4 is 9.47 Å². The number of carbonyl (C=O) groups is 2. The minimum atomic E-state index is -0.483. The number of thiophene rings is 1. The number of amides is 2. The molecule has 0 unspecified atom stereocenters. The van der Waals surface area contributed by atoms with Gasteiger partial charge in [0, 0.05) is 23.5 Å². The van der Waals surface area contributed by atoms with E-state index in [1.165, 1.54) is 23.1 Å². The Morgan fingerprint density at radius 1 is 1.00 bits per heavy atom. The molecule has 2 aromatic carbocycles. The molecule has 2 amide bonds. The Hall–Kier alpha value is -3.39. The van der Waals surface area contributed by atoms with E-state index in [4.69, 9.17) is 9.47 Å². The predicted molar refractivity (Wildman–Crippen MR) is 128 cm³/mol. The van der Waals surface area contributed by atoms with E-state index in [0.717, 1.165) is 10.4 Å². The molecule has 2 heterocycles. The molecule has 1 aromatic heterocycles. The normalized spacial score (nSPS) is 12.1. The summed E-state index contributed by atoms with van der Waals surface area (Å²) in [5.41, 5.74) is 1.13. The minimum absolute atomic E-state index is 0.0938. The van der Waals surface area contributed by atoms with E-state index < -0.39 is 5.82 Å². The fourth-order valence-corrected chi connectivity index (χ4v) is 4.53. The van der Waals surface area contributed by atoms with Crippen molar-refractivity contribution < 1.29 is 23.5 Å². The summed E-state index contributed by atoms with van der Waals surface area (Å²) in [6.45, 7) is 5.22. The van der Waals surface area contributed by atoms with Crippen molar-refractivity contribution in [2.45, 2.75) is 26.9 Å². The van der Waals surface area contributed by atoms with Crippen molar-refractivity contribution in [2.75, 3.05) is 19.9 Å². The second-order valence-electron chi connectivity index (χ2n) is 8.61. The standard InChI is InChI=1S/C26H27FN2O4S/c1-18(2)13-29(26(31)20-5-3-6-21(27)12-20)16-25(30)28(15-22-7-4-10-34-22)14-19-8-9-23-24(11-19)33-17-32-23/h3-12,18H,13-17H2,1-2H3. The molecule has 0 saturated heterocycles. The highest BCUT2D eigenvalue weighted by Gasteiger charge is 2.24. The van der Waals surface area contributed by atoms with Gasteiger partial charge in [-0.15, -0.1) is 11.3 Å². The number of hydrogen-bond acceptors (Lipinski definition) is 5. The molecule has 0 aliphatic carbocycles. The quantitative estimate of drug-likeness (QED) is 0.433. The molecule has 0 radical (unpaired) electrons. The zero-order valence-electron chi connectivity index (χ0n) is 19.2. The van der Waals surface area contributed by atoms with Gasteiger partial charge in [-0.3, -0.25) is 9.59 Å². The largest absolute Gasteiger partial charge is 0.454 e. The SMILES string of the molecule is CC(C)CN(CC(=O)N(Cc1ccc2c(c1)OCO2)Cc1cccs1)C(=O)c1cccc(F)c1. The number of nitrogens with zero attached hydrogens (tertiary/aromatic N) is 2. The Bertz CT molecular complexity index is 1150. The number of hydrogen-bond donors (Lipinski definition) is 0. The summed E-state index contributed by atoms with van der Waals surface area (Å²) in [4.78, 5) is 30.9. The van der Waals surface area contributed by atoms with E-state index in [0.29, 0.717) is 31.1 Å². The number of halogens is 1. The first-order valence-electron chi connectivity index (χ1n) is 11.1. The maximum atomic E-state index is 13.7. The third kappa shape index (κ3) is 5.94. The van der Waals surface area contributed by atoms with Gasteiger partial charge < -0.3 is 19.3 Å². The van der Waals surface area contributed by atoms with Gasteiger partial charge in [0.1, 0.15) is 12.4 Å². The van der Waals surface area contributed by atoms with Gasteiger partial charge in [0.2, 0.25) is 12.7 Å². The van der Waals surface area contributed by atoms with Crippen LogP contribution in [0, 0.1) is 11.7 Å². The first kappa shape index (κ1) is 23.8. The van der Waals surface area contributed by atoms with E-state index in [1.54, 1.807) is 22.3 Å². The maximum absolute atomic E-state index is 13.7. The van der Waals surface area contributed by atoms with Crippen LogP contribution in [0.5, 0.6) is 11.5 Å². The van der Waals surface area contributed by atoms with E-state index in [9.17, 15) is 14.0 Å². The minimum Gasteiger partial charge on any atom is -0.454 e. The van der Waals surface area contributed by atoms with Crippen LogP contribution in [-0.2, 0) is 17.9 Å². The number of fused-ring (bicyclic) bond motifs is 1. The van der Waals surface area contributed by atoms with Crippen molar-refractivity contribution in [1.82, 2.24) is 9.80 Å². The Morgan fingerprint density at radius 2 is 1.82 bits per heavy atom. The lowest BCUT2D eigenvalue weighted by Crippen LogP contribution is -2.43. The highest BCUT2D eigenvalue weighted by atomic mass is 32.1. The van der Waals surface area contributed by atoms with Crippen LogP contribution in [0.1, 0.15) is 34.6 Å². The van der Waals surface area contributed by atoms with Crippen molar-refractivity contribution in [3.8, 4) is 11.5 Å². The second-order valence-corrected chi connectivity index (χ2v) is 9.64. The van der Waals surface area contributed by atoms with Crippen LogP contribution >= 0.6 is 11.3 Å². The molecule has 4 rings (SSSR count). The van der Waals surface area contributed by atoms with Crippen LogP contribution in [0.2, 0.25) is 0 Å². The number of benzene rings is 2. The average Bonchev–Trinajstić information content (AvgIpc) is 3.49. The number of rotatable bonds is 9. The summed E-state index contributed by atoms with van der Waals surface area (Å²) in [6, 6.07) is 15.1. The molecule has 8 heteroatoms. The van der Waals surface area contributed by atoms with Crippen LogP contribution in [0.3, 0.4) is 0 Å². The maximum Gasteiger partial charge on any atom is 0.254 e. The first-order valence-corrected chi connectivity index (χ1v) is 12.0. The zero-order valence-corrected chi connectivity index (χ0v) is 20.0. The van der Waals surface area contributed by atoms with Crippen molar-refractivity contribution in [1.29, 1.82) is 0 Å². The number of carbonyl (C=O) groups excluding carboxylic acids is 2. The van der Waals surface area contributed by atoms with E-state index in [1.807, 2.05) is 49.6 Å². The molecule has 0 N–H and O–H groups in total. The monoisotopic (exact) mass is 482 g/mol. The van der Waals surface area contributed by atoms with Gasteiger partial charge in [-0.1, -0.05) is 32.0 Å². The molecule has 0 atom stereocenters. The van der Waals surface area contributed by atoms with Crippen LogP contribution in [-0.4, -0.2) is 41.5 Å². The molecule has 0 bridgehead atoms. The Kier molecular flexibility index (Phi) is 7.47. The van der Waals surface area contributed by atoms with E-state index in [2.05, 4.69) is 0 Å². The molecule has 3 aromatic rings. The summed E-state index contributed by atoms with van der Waals surface area (Å²) in [7, 11) is 0. The van der Waals surface area contributed by atoms with Gasteiger partial charge in [-0.25, -0.2) is 4.39 Å². The fraction of sp³-hybridized carbons (Fsp3) is 0.308. The van der Waals surface area contributed by atoms with Gasteiger partial charge in [-0.2, -0.15) is 0 Å². The average molecular weight is 483 g/mol. The van der Waals surface area contributed by atoms with E-state index in [-0.39, 0.29) is 36.6 Å². The summed E-state index contributed by atoms with van der Waals surface area (Å²) in [6.07, 6.45) is 0. The Morgan fingerprint density at radius 3 is 2.56 bits per heavy atom. The highest BCUT2D eigenvalue weighted by molar-refractivity contribution is 7.09. The Balaban J connectivity index is 1.55. The Labute approximate surface area is 202 Å². The lowest BCUT2D eigenvalue weighted by Gasteiger charge is -2.29. The van der Waals surface area contributed by atoms with Gasteiger partial charge in [0.25, 0.3) is 5.91 Å². The van der Waals surface area contributed by atoms with Crippen molar-refractivity contribution >= 4 is 23.2 Å². The van der Waals surface area contributed by atoms with Crippen LogP contribution in [0.15, 0.2) is 60.0 Å². The van der Waals surface area contributed by atoms with Gasteiger partial charge in [0.15, 0.2) is 11.5 Å². The zero-order chi connectivity index (χ0) is 24.1. The predicted octanol–water partition coefficient (Wildman–Crippen LogP) is 4.94. The lowest BCUT2D eigenvalue weighted by molar-refractivity contribution is -0.133. The van der Waals surface area contributed by atoms with Crippen molar-refractivity contribution in [2.24, 2.45) is 5.92 Å². The molecule has 34 heavy (non-hydrogen) atoms. The molecule has 1 aliphatic heterocycles. The molecule has 178 valence electrons. The van der Waals surface area contributed by atoms with Gasteiger partial charge >= 0.3 is 0 Å². The smallest absolute Gasteiger partial charge is 0.254 e. The molecule has 0 fully saturated rings. The molecular weight excluding hydrogens is 455 g/mol. The van der Waals surface area contributed by atoms with Crippen LogP contribution in [0.25, 0.3) is 0 Å². The second kappa shape index (κ2) is 10.7.